The van der Waals surface area contributed by atoms with E-state index in [2.05, 4.69) is 5.32 Å². The molecule has 2 aromatic carbocycles. The van der Waals surface area contributed by atoms with Gasteiger partial charge in [-0.25, -0.2) is 0 Å². The van der Waals surface area contributed by atoms with Crippen LogP contribution in [0.1, 0.15) is 34.7 Å². The molecule has 0 saturated carbocycles. The standard InChI is InChI=1S/C22H27N3O4/c1-25-19-7-4-3-6-17(19)15(12-21(25)26)14-24-22(27)18-13-16(28-2)8-9-20(18)29-11-5-10-23/h3-4,6-9,13,15H,5,10-12,14,23H2,1-2H3,(H,24,27)/t15-/m0/s1. The number of hydrogen-bond donors (Lipinski definition) is 2. The third-order valence-electron chi connectivity index (χ3n) is 5.08. The van der Waals surface area contributed by atoms with Crippen molar-refractivity contribution in [1.29, 1.82) is 0 Å². The van der Waals surface area contributed by atoms with E-state index in [-0.39, 0.29) is 17.7 Å². The van der Waals surface area contributed by atoms with E-state index in [4.69, 9.17) is 15.2 Å². The Bertz CT molecular complexity index is 884. The molecule has 7 heteroatoms. The van der Waals surface area contributed by atoms with Crippen LogP contribution in [0.15, 0.2) is 42.5 Å². The Morgan fingerprint density at radius 2 is 2.07 bits per heavy atom. The second kappa shape index (κ2) is 9.43. The molecular weight excluding hydrogens is 370 g/mol. The third kappa shape index (κ3) is 4.68. The first kappa shape index (κ1) is 20.7. The van der Waals surface area contributed by atoms with Gasteiger partial charge >= 0.3 is 0 Å². The van der Waals surface area contributed by atoms with Crippen LogP contribution in [-0.2, 0) is 4.79 Å². The number of nitrogens with two attached hydrogens (primary N) is 1. The number of carbonyl (C=O) groups excluding carboxylic acids is 2. The van der Waals surface area contributed by atoms with Gasteiger partial charge in [-0.05, 0) is 42.8 Å². The predicted octanol–water partition coefficient (Wildman–Crippen LogP) is 2.30. The number of hydrogen-bond acceptors (Lipinski definition) is 5. The molecule has 3 rings (SSSR count). The molecule has 154 valence electrons. The second-order valence-corrected chi connectivity index (χ2v) is 6.98. The Labute approximate surface area is 170 Å². The van der Waals surface area contributed by atoms with Crippen LogP contribution in [-0.4, -0.2) is 45.7 Å². The van der Waals surface area contributed by atoms with E-state index in [0.717, 1.165) is 11.3 Å². The number of rotatable bonds is 8. The first-order chi connectivity index (χ1) is 14.0. The van der Waals surface area contributed by atoms with Crippen LogP contribution in [0.25, 0.3) is 0 Å². The zero-order chi connectivity index (χ0) is 20.8. The van der Waals surface area contributed by atoms with E-state index >= 15 is 0 Å². The van der Waals surface area contributed by atoms with Gasteiger partial charge in [-0.3, -0.25) is 9.59 Å². The van der Waals surface area contributed by atoms with Crippen molar-refractivity contribution in [3.63, 3.8) is 0 Å². The van der Waals surface area contributed by atoms with Crippen molar-refractivity contribution in [3.8, 4) is 11.5 Å². The summed E-state index contributed by atoms with van der Waals surface area (Å²) in [5, 5.41) is 2.96. The largest absolute Gasteiger partial charge is 0.497 e. The lowest BCUT2D eigenvalue weighted by Gasteiger charge is -2.31. The molecule has 0 saturated heterocycles. The summed E-state index contributed by atoms with van der Waals surface area (Å²) < 4.78 is 11.0. The van der Waals surface area contributed by atoms with Gasteiger partial charge in [0.25, 0.3) is 5.91 Å². The zero-order valence-corrected chi connectivity index (χ0v) is 16.8. The normalized spacial score (nSPS) is 15.6. The zero-order valence-electron chi connectivity index (χ0n) is 16.8. The van der Waals surface area contributed by atoms with Gasteiger partial charge in [-0.2, -0.15) is 0 Å². The quantitative estimate of drug-likeness (QED) is 0.667. The summed E-state index contributed by atoms with van der Waals surface area (Å²) in [5.74, 6) is 0.745. The Balaban J connectivity index is 1.75. The average Bonchev–Trinajstić information content (AvgIpc) is 2.75. The van der Waals surface area contributed by atoms with Crippen molar-refractivity contribution in [2.24, 2.45) is 5.73 Å². The molecule has 1 heterocycles. The molecule has 0 spiro atoms. The smallest absolute Gasteiger partial charge is 0.255 e. The number of nitrogens with one attached hydrogen (secondary N) is 1. The van der Waals surface area contributed by atoms with Crippen LogP contribution in [0.2, 0.25) is 0 Å². The molecule has 0 aliphatic carbocycles. The Hall–Kier alpha value is -3.06. The fourth-order valence-corrected chi connectivity index (χ4v) is 3.43. The van der Waals surface area contributed by atoms with Crippen LogP contribution in [0.4, 0.5) is 5.69 Å². The molecule has 1 aliphatic heterocycles. The van der Waals surface area contributed by atoms with E-state index in [0.29, 0.717) is 49.6 Å². The second-order valence-electron chi connectivity index (χ2n) is 6.98. The number of anilines is 1. The molecule has 0 radical (unpaired) electrons. The first-order valence-electron chi connectivity index (χ1n) is 9.69. The van der Waals surface area contributed by atoms with Gasteiger partial charge in [-0.1, -0.05) is 18.2 Å². The lowest BCUT2D eigenvalue weighted by Crippen LogP contribution is -2.37. The number of benzene rings is 2. The van der Waals surface area contributed by atoms with Gasteiger partial charge in [0, 0.05) is 31.6 Å². The number of amides is 2. The SMILES string of the molecule is COc1ccc(OCCCN)c(C(=O)NC[C@@H]2CC(=O)N(C)c3ccccc32)c1. The number of para-hydroxylation sites is 1. The van der Waals surface area contributed by atoms with Crippen LogP contribution in [0.5, 0.6) is 11.5 Å². The van der Waals surface area contributed by atoms with E-state index in [1.165, 1.54) is 0 Å². The summed E-state index contributed by atoms with van der Waals surface area (Å²) in [6, 6.07) is 12.9. The van der Waals surface area contributed by atoms with Crippen molar-refractivity contribution in [1.82, 2.24) is 5.32 Å². The highest BCUT2D eigenvalue weighted by Crippen LogP contribution is 2.34. The summed E-state index contributed by atoms with van der Waals surface area (Å²) in [6.07, 6.45) is 1.05. The lowest BCUT2D eigenvalue weighted by atomic mass is 9.89. The van der Waals surface area contributed by atoms with Crippen molar-refractivity contribution in [3.05, 3.63) is 53.6 Å². The monoisotopic (exact) mass is 397 g/mol. The molecule has 1 atom stereocenters. The van der Waals surface area contributed by atoms with Crippen molar-refractivity contribution >= 4 is 17.5 Å². The lowest BCUT2D eigenvalue weighted by molar-refractivity contribution is -0.119. The summed E-state index contributed by atoms with van der Waals surface area (Å²) in [5.41, 5.74) is 7.85. The molecule has 1 aliphatic rings. The number of carbonyl (C=O) groups is 2. The maximum Gasteiger partial charge on any atom is 0.255 e. The molecule has 2 amide bonds. The predicted molar refractivity (Wildman–Crippen MR) is 112 cm³/mol. The van der Waals surface area contributed by atoms with Crippen LogP contribution < -0.4 is 25.4 Å². The van der Waals surface area contributed by atoms with Crippen LogP contribution in [0.3, 0.4) is 0 Å². The van der Waals surface area contributed by atoms with E-state index < -0.39 is 0 Å². The third-order valence-corrected chi connectivity index (χ3v) is 5.08. The minimum atomic E-state index is -0.268. The summed E-state index contributed by atoms with van der Waals surface area (Å²) >= 11 is 0. The summed E-state index contributed by atoms with van der Waals surface area (Å²) in [7, 11) is 3.32. The first-order valence-corrected chi connectivity index (χ1v) is 9.69. The topological polar surface area (TPSA) is 93.9 Å². The molecule has 0 fully saturated rings. The van der Waals surface area contributed by atoms with Crippen LogP contribution >= 0.6 is 0 Å². The Morgan fingerprint density at radius 1 is 1.28 bits per heavy atom. The van der Waals surface area contributed by atoms with E-state index in [9.17, 15) is 9.59 Å². The maximum atomic E-state index is 12.9. The minimum Gasteiger partial charge on any atom is -0.497 e. The molecule has 29 heavy (non-hydrogen) atoms. The number of fused-ring (bicyclic) bond motifs is 1. The van der Waals surface area contributed by atoms with Gasteiger partial charge in [0.05, 0.1) is 19.3 Å². The van der Waals surface area contributed by atoms with Gasteiger partial charge < -0.3 is 25.4 Å². The molecule has 7 nitrogen and oxygen atoms in total. The van der Waals surface area contributed by atoms with Gasteiger partial charge in [0.2, 0.25) is 5.91 Å². The van der Waals surface area contributed by atoms with Gasteiger partial charge in [0.1, 0.15) is 11.5 Å². The molecule has 0 aromatic heterocycles. The van der Waals surface area contributed by atoms with Crippen molar-refractivity contribution < 1.29 is 19.1 Å². The van der Waals surface area contributed by atoms with Crippen molar-refractivity contribution in [2.75, 3.05) is 38.8 Å². The molecule has 3 N–H and O–H groups in total. The maximum absolute atomic E-state index is 12.9. The average molecular weight is 397 g/mol. The number of nitrogens with zero attached hydrogens (tertiary/aromatic N) is 1. The highest BCUT2D eigenvalue weighted by molar-refractivity contribution is 5.98. The number of ether oxygens (including phenoxy) is 2. The highest BCUT2D eigenvalue weighted by atomic mass is 16.5. The summed E-state index contributed by atoms with van der Waals surface area (Å²) in [4.78, 5) is 26.9. The fourth-order valence-electron chi connectivity index (χ4n) is 3.43. The fraction of sp³-hybridized carbons (Fsp3) is 0.364. The minimum absolute atomic E-state index is 0.0372. The molecule has 0 unspecified atom stereocenters. The molecular formula is C22H27N3O4. The Morgan fingerprint density at radius 3 is 2.83 bits per heavy atom. The van der Waals surface area contributed by atoms with E-state index in [1.54, 1.807) is 37.3 Å². The molecule has 2 aromatic rings. The number of methoxy groups -OCH3 is 1. The van der Waals surface area contributed by atoms with E-state index in [1.807, 2.05) is 24.3 Å². The van der Waals surface area contributed by atoms with Gasteiger partial charge in [0.15, 0.2) is 0 Å². The molecule has 0 bridgehead atoms. The van der Waals surface area contributed by atoms with Gasteiger partial charge in [-0.15, -0.1) is 0 Å². The Kier molecular flexibility index (Phi) is 6.72. The van der Waals surface area contributed by atoms with Crippen LogP contribution in [0, 0.1) is 0 Å². The summed E-state index contributed by atoms with van der Waals surface area (Å²) in [6.45, 7) is 1.30. The highest BCUT2D eigenvalue weighted by Gasteiger charge is 2.29. The van der Waals surface area contributed by atoms with Crippen molar-refractivity contribution in [2.45, 2.75) is 18.8 Å².